The van der Waals surface area contributed by atoms with Crippen LogP contribution in [0.4, 0.5) is 0 Å². The Morgan fingerprint density at radius 2 is 1.52 bits per heavy atom. The first-order valence-electron chi connectivity index (χ1n) is 9.47. The largest absolute Gasteiger partial charge is 0.385 e. The third-order valence-corrected chi connectivity index (χ3v) is 5.13. The van der Waals surface area contributed by atoms with Gasteiger partial charge in [0.05, 0.1) is 26.3 Å². The highest BCUT2D eigenvalue weighted by molar-refractivity contribution is 5.15. The summed E-state index contributed by atoms with van der Waals surface area (Å²) >= 11 is 0. The van der Waals surface area contributed by atoms with Gasteiger partial charge in [0.1, 0.15) is 12.6 Å². The monoisotopic (exact) mass is 340 g/mol. The molecule has 3 heteroatoms. The van der Waals surface area contributed by atoms with Crippen LogP contribution in [0, 0.1) is 5.92 Å². The highest BCUT2D eigenvalue weighted by Crippen LogP contribution is 2.16. The lowest BCUT2D eigenvalue weighted by molar-refractivity contribution is -0.909. The summed E-state index contributed by atoms with van der Waals surface area (Å²) in [6.45, 7) is 4.12. The van der Waals surface area contributed by atoms with Crippen LogP contribution in [-0.2, 0) is 17.8 Å². The Labute approximate surface area is 151 Å². The molecule has 25 heavy (non-hydrogen) atoms. The van der Waals surface area contributed by atoms with Gasteiger partial charge in [-0.2, -0.15) is 0 Å². The molecule has 3 rings (SSSR count). The SMILES string of the molecule is O[C@H](COCc1ccccc1)C[NH+]1CCC(Cc2ccccc2)CC1. The fourth-order valence-electron chi connectivity index (χ4n) is 3.72. The van der Waals surface area contributed by atoms with E-state index in [1.165, 1.54) is 29.7 Å². The summed E-state index contributed by atoms with van der Waals surface area (Å²) in [6, 6.07) is 20.9. The number of likely N-dealkylation sites (tertiary alicyclic amines) is 1. The summed E-state index contributed by atoms with van der Waals surface area (Å²) in [6.07, 6.45) is 3.32. The molecule has 1 saturated heterocycles. The maximum Gasteiger partial charge on any atom is 0.126 e. The van der Waals surface area contributed by atoms with Gasteiger partial charge in [-0.3, -0.25) is 0 Å². The molecule has 1 heterocycles. The lowest BCUT2D eigenvalue weighted by atomic mass is 9.90. The van der Waals surface area contributed by atoms with Gasteiger partial charge in [0.15, 0.2) is 0 Å². The molecule has 1 fully saturated rings. The van der Waals surface area contributed by atoms with Gasteiger partial charge in [0.25, 0.3) is 0 Å². The van der Waals surface area contributed by atoms with Gasteiger partial charge in [0, 0.05) is 0 Å². The standard InChI is InChI=1S/C22H29NO2/c24-22(18-25-17-21-9-5-2-6-10-21)16-23-13-11-20(12-14-23)15-19-7-3-1-4-8-19/h1-10,20,22,24H,11-18H2/p+1/t22-/m0/s1. The number of aliphatic hydroxyl groups excluding tert-OH is 1. The van der Waals surface area contributed by atoms with Crippen molar-refractivity contribution in [2.75, 3.05) is 26.2 Å². The molecule has 2 N–H and O–H groups in total. The minimum atomic E-state index is -0.371. The number of aliphatic hydroxyl groups is 1. The molecule has 2 aromatic rings. The molecular weight excluding hydrogens is 310 g/mol. The van der Waals surface area contributed by atoms with Crippen LogP contribution in [0.25, 0.3) is 0 Å². The van der Waals surface area contributed by atoms with Crippen LogP contribution < -0.4 is 4.90 Å². The molecule has 3 nitrogen and oxygen atoms in total. The average molecular weight is 340 g/mol. The van der Waals surface area contributed by atoms with Crippen molar-refractivity contribution >= 4 is 0 Å². The van der Waals surface area contributed by atoms with Crippen molar-refractivity contribution in [3.8, 4) is 0 Å². The van der Waals surface area contributed by atoms with E-state index in [-0.39, 0.29) is 6.10 Å². The van der Waals surface area contributed by atoms with Gasteiger partial charge in [-0.25, -0.2) is 0 Å². The predicted octanol–water partition coefficient (Wildman–Crippen LogP) is 2.10. The van der Waals surface area contributed by atoms with Crippen LogP contribution in [0.5, 0.6) is 0 Å². The smallest absolute Gasteiger partial charge is 0.126 e. The number of hydrogen-bond acceptors (Lipinski definition) is 2. The van der Waals surface area contributed by atoms with Gasteiger partial charge < -0.3 is 14.7 Å². The molecule has 0 spiro atoms. The second-order valence-corrected chi connectivity index (χ2v) is 7.24. The van der Waals surface area contributed by atoms with Crippen LogP contribution in [-0.4, -0.2) is 37.5 Å². The zero-order chi connectivity index (χ0) is 17.3. The van der Waals surface area contributed by atoms with Crippen molar-refractivity contribution in [1.29, 1.82) is 0 Å². The summed E-state index contributed by atoms with van der Waals surface area (Å²) in [5.74, 6) is 0.789. The molecule has 0 radical (unpaired) electrons. The lowest BCUT2D eigenvalue weighted by Gasteiger charge is -2.30. The van der Waals surface area contributed by atoms with Crippen molar-refractivity contribution in [3.05, 3.63) is 71.8 Å². The van der Waals surface area contributed by atoms with E-state index in [4.69, 9.17) is 4.74 Å². The van der Waals surface area contributed by atoms with Crippen molar-refractivity contribution < 1.29 is 14.7 Å². The zero-order valence-corrected chi connectivity index (χ0v) is 14.9. The van der Waals surface area contributed by atoms with E-state index in [9.17, 15) is 5.11 Å². The lowest BCUT2D eigenvalue weighted by Crippen LogP contribution is -3.14. The number of benzene rings is 2. The Morgan fingerprint density at radius 1 is 0.920 bits per heavy atom. The van der Waals surface area contributed by atoms with Crippen molar-refractivity contribution in [1.82, 2.24) is 0 Å². The summed E-state index contributed by atoms with van der Waals surface area (Å²) in [7, 11) is 0. The van der Waals surface area contributed by atoms with Crippen molar-refractivity contribution in [2.24, 2.45) is 5.92 Å². The van der Waals surface area contributed by atoms with Crippen molar-refractivity contribution in [3.63, 3.8) is 0 Å². The summed E-state index contributed by atoms with van der Waals surface area (Å²) < 4.78 is 5.66. The van der Waals surface area contributed by atoms with Crippen LogP contribution in [0.3, 0.4) is 0 Å². The van der Waals surface area contributed by atoms with Crippen LogP contribution >= 0.6 is 0 Å². The summed E-state index contributed by atoms with van der Waals surface area (Å²) in [5, 5.41) is 10.2. The van der Waals surface area contributed by atoms with Gasteiger partial charge in [0.2, 0.25) is 0 Å². The molecule has 1 aliphatic heterocycles. The number of rotatable bonds is 8. The molecule has 0 aromatic heterocycles. The second-order valence-electron chi connectivity index (χ2n) is 7.24. The van der Waals surface area contributed by atoms with Gasteiger partial charge in [-0.1, -0.05) is 60.7 Å². The van der Waals surface area contributed by atoms with Crippen molar-refractivity contribution in [2.45, 2.75) is 32.0 Å². The molecule has 0 aliphatic carbocycles. The minimum absolute atomic E-state index is 0.371. The topological polar surface area (TPSA) is 33.9 Å². The highest BCUT2D eigenvalue weighted by atomic mass is 16.5. The van der Waals surface area contributed by atoms with E-state index in [2.05, 4.69) is 42.5 Å². The van der Waals surface area contributed by atoms with E-state index < -0.39 is 0 Å². The number of hydrogen-bond donors (Lipinski definition) is 2. The number of piperidine rings is 1. The second kappa shape index (κ2) is 9.71. The fraction of sp³-hybridized carbons (Fsp3) is 0.455. The fourth-order valence-corrected chi connectivity index (χ4v) is 3.72. The maximum absolute atomic E-state index is 10.2. The predicted molar refractivity (Wildman–Crippen MR) is 101 cm³/mol. The highest BCUT2D eigenvalue weighted by Gasteiger charge is 2.24. The Kier molecular flexibility index (Phi) is 7.04. The first-order chi connectivity index (χ1) is 12.3. The molecule has 2 aromatic carbocycles. The van der Waals surface area contributed by atoms with Gasteiger partial charge >= 0.3 is 0 Å². The Hall–Kier alpha value is -1.68. The molecule has 0 bridgehead atoms. The van der Waals surface area contributed by atoms with E-state index in [0.717, 1.165) is 31.1 Å². The zero-order valence-electron chi connectivity index (χ0n) is 14.9. The van der Waals surface area contributed by atoms with Gasteiger partial charge in [-0.05, 0) is 36.3 Å². The molecule has 134 valence electrons. The third-order valence-electron chi connectivity index (χ3n) is 5.13. The summed E-state index contributed by atoms with van der Waals surface area (Å²) in [5.41, 5.74) is 2.61. The third kappa shape index (κ3) is 6.28. The Bertz CT molecular complexity index is 594. The summed E-state index contributed by atoms with van der Waals surface area (Å²) in [4.78, 5) is 1.51. The molecule has 1 atom stereocenters. The van der Waals surface area contributed by atoms with Gasteiger partial charge in [-0.15, -0.1) is 0 Å². The maximum atomic E-state index is 10.2. The van der Waals surface area contributed by atoms with Crippen LogP contribution in [0.1, 0.15) is 24.0 Å². The molecule has 0 amide bonds. The first kappa shape index (κ1) is 18.1. The number of nitrogens with one attached hydrogen (secondary N) is 1. The molecular formula is C22H30NO2+. The molecule has 0 unspecified atom stereocenters. The average Bonchev–Trinajstić information content (AvgIpc) is 2.65. The minimum Gasteiger partial charge on any atom is -0.385 e. The van der Waals surface area contributed by atoms with E-state index >= 15 is 0 Å². The van der Waals surface area contributed by atoms with E-state index in [0.29, 0.717) is 13.2 Å². The quantitative estimate of drug-likeness (QED) is 0.772. The number of ether oxygens (including phenoxy) is 1. The van der Waals surface area contributed by atoms with Crippen LogP contribution in [0.2, 0.25) is 0 Å². The van der Waals surface area contributed by atoms with Crippen LogP contribution in [0.15, 0.2) is 60.7 Å². The Morgan fingerprint density at radius 3 is 2.16 bits per heavy atom. The molecule has 0 saturated carbocycles. The first-order valence-corrected chi connectivity index (χ1v) is 9.47. The normalized spacial score (nSPS) is 21.8. The molecule has 1 aliphatic rings. The van der Waals surface area contributed by atoms with E-state index in [1.54, 1.807) is 0 Å². The van der Waals surface area contributed by atoms with E-state index in [1.807, 2.05) is 18.2 Å². The number of quaternary nitrogens is 1. The Balaban J connectivity index is 1.31.